The lowest BCUT2D eigenvalue weighted by Gasteiger charge is -2.31. The molecule has 1 fully saturated rings. The van der Waals surface area contributed by atoms with Crippen LogP contribution in [0, 0.1) is 0 Å². The summed E-state index contributed by atoms with van der Waals surface area (Å²) < 4.78 is 34.5. The molecule has 1 aliphatic heterocycles. The van der Waals surface area contributed by atoms with Gasteiger partial charge >= 0.3 is 6.61 Å². The second-order valence-electron chi connectivity index (χ2n) is 4.99. The van der Waals surface area contributed by atoms with Crippen LogP contribution in [0.1, 0.15) is 12.8 Å². The lowest BCUT2D eigenvalue weighted by Crippen LogP contribution is -2.39. The van der Waals surface area contributed by atoms with Crippen molar-refractivity contribution in [1.82, 2.24) is 4.90 Å². The molecule has 0 saturated carbocycles. The molecule has 0 aliphatic carbocycles. The molecule has 1 N–H and O–H groups in total. The number of nitrogens with one attached hydrogen (secondary N) is 1. The van der Waals surface area contributed by atoms with Gasteiger partial charge in [-0.05, 0) is 38.6 Å². The SMILES string of the molecule is COc1ccc(OC(F)F)c(NC2CCCN(C)C2)c1. The third-order valence-corrected chi connectivity index (χ3v) is 3.39. The highest BCUT2D eigenvalue weighted by Crippen LogP contribution is 2.31. The number of benzene rings is 1. The van der Waals surface area contributed by atoms with Crippen LogP contribution in [-0.2, 0) is 0 Å². The zero-order valence-corrected chi connectivity index (χ0v) is 11.7. The number of likely N-dealkylation sites (tertiary alicyclic amines) is 1. The standard InChI is InChI=1S/C14H20F2N2O2/c1-18-7-3-4-10(9-18)17-12-8-11(19-2)5-6-13(12)20-14(15)16/h5-6,8,10,14,17H,3-4,7,9H2,1-2H3. The van der Waals surface area contributed by atoms with E-state index in [1.807, 2.05) is 0 Å². The molecule has 112 valence electrons. The van der Waals surface area contributed by atoms with Crippen LogP contribution in [0.2, 0.25) is 0 Å². The summed E-state index contributed by atoms with van der Waals surface area (Å²) in [6.45, 7) is -0.889. The maximum absolute atomic E-state index is 12.4. The summed E-state index contributed by atoms with van der Waals surface area (Å²) in [5.41, 5.74) is 0.546. The Morgan fingerprint density at radius 1 is 1.40 bits per heavy atom. The molecule has 1 unspecified atom stereocenters. The number of methoxy groups -OCH3 is 1. The largest absolute Gasteiger partial charge is 0.497 e. The number of ether oxygens (including phenoxy) is 2. The molecule has 1 atom stereocenters. The molecule has 1 aliphatic rings. The van der Waals surface area contributed by atoms with Gasteiger partial charge in [-0.2, -0.15) is 8.78 Å². The fourth-order valence-electron chi connectivity index (χ4n) is 2.45. The van der Waals surface area contributed by atoms with E-state index in [9.17, 15) is 8.78 Å². The van der Waals surface area contributed by atoms with Gasteiger partial charge in [0.25, 0.3) is 0 Å². The Morgan fingerprint density at radius 3 is 2.85 bits per heavy atom. The maximum Gasteiger partial charge on any atom is 0.387 e. The van der Waals surface area contributed by atoms with Gasteiger partial charge in [-0.15, -0.1) is 0 Å². The van der Waals surface area contributed by atoms with Crippen molar-refractivity contribution in [1.29, 1.82) is 0 Å². The van der Waals surface area contributed by atoms with Gasteiger partial charge in [0.1, 0.15) is 11.5 Å². The van der Waals surface area contributed by atoms with Crippen molar-refractivity contribution < 1.29 is 18.3 Å². The van der Waals surface area contributed by atoms with Crippen molar-refractivity contribution in [2.45, 2.75) is 25.5 Å². The van der Waals surface area contributed by atoms with Crippen molar-refractivity contribution in [3.63, 3.8) is 0 Å². The molecule has 6 heteroatoms. The van der Waals surface area contributed by atoms with Crippen LogP contribution in [-0.4, -0.2) is 44.8 Å². The molecular weight excluding hydrogens is 266 g/mol. The van der Waals surface area contributed by atoms with Crippen molar-refractivity contribution in [3.05, 3.63) is 18.2 Å². The third kappa shape index (κ3) is 3.96. The van der Waals surface area contributed by atoms with Crippen LogP contribution in [0.15, 0.2) is 18.2 Å². The fraction of sp³-hybridized carbons (Fsp3) is 0.571. The summed E-state index contributed by atoms with van der Waals surface area (Å²) in [5, 5.41) is 3.28. The predicted octanol–water partition coefficient (Wildman–Crippen LogP) is 2.80. The van der Waals surface area contributed by atoms with Gasteiger partial charge in [0.05, 0.1) is 12.8 Å². The molecule has 1 aromatic rings. The summed E-state index contributed by atoms with van der Waals surface area (Å²) in [4.78, 5) is 2.22. The highest BCUT2D eigenvalue weighted by Gasteiger charge is 2.19. The molecule has 2 rings (SSSR count). The molecular formula is C14H20F2N2O2. The predicted molar refractivity (Wildman–Crippen MR) is 73.8 cm³/mol. The second-order valence-corrected chi connectivity index (χ2v) is 4.99. The van der Waals surface area contributed by atoms with E-state index in [0.717, 1.165) is 25.9 Å². The molecule has 0 radical (unpaired) electrons. The van der Waals surface area contributed by atoms with Crippen molar-refractivity contribution >= 4 is 5.69 Å². The van der Waals surface area contributed by atoms with Gasteiger partial charge in [-0.25, -0.2) is 0 Å². The first-order chi connectivity index (χ1) is 9.58. The smallest absolute Gasteiger partial charge is 0.387 e. The number of nitrogens with zero attached hydrogens (tertiary/aromatic N) is 1. The zero-order chi connectivity index (χ0) is 14.5. The fourth-order valence-corrected chi connectivity index (χ4v) is 2.45. The molecule has 0 aromatic heterocycles. The number of halogens is 2. The lowest BCUT2D eigenvalue weighted by atomic mass is 10.1. The van der Waals surface area contributed by atoms with Crippen LogP contribution in [0.25, 0.3) is 0 Å². The van der Waals surface area contributed by atoms with E-state index < -0.39 is 6.61 Å². The van der Waals surface area contributed by atoms with Gasteiger partial charge in [-0.3, -0.25) is 0 Å². The lowest BCUT2D eigenvalue weighted by molar-refractivity contribution is -0.0494. The van der Waals surface area contributed by atoms with Crippen LogP contribution < -0.4 is 14.8 Å². The summed E-state index contributed by atoms with van der Waals surface area (Å²) in [7, 11) is 3.59. The summed E-state index contributed by atoms with van der Waals surface area (Å²) in [6.07, 6.45) is 2.10. The van der Waals surface area contributed by atoms with Crippen molar-refractivity contribution in [2.75, 3.05) is 32.6 Å². The Balaban J connectivity index is 2.14. The molecule has 4 nitrogen and oxygen atoms in total. The quantitative estimate of drug-likeness (QED) is 0.902. The maximum atomic E-state index is 12.4. The number of hydrogen-bond donors (Lipinski definition) is 1. The van der Waals surface area contributed by atoms with E-state index in [1.165, 1.54) is 6.07 Å². The van der Waals surface area contributed by atoms with Gasteiger partial charge in [0, 0.05) is 18.7 Å². The summed E-state index contributed by atoms with van der Waals surface area (Å²) in [5.74, 6) is 0.757. The van der Waals surface area contributed by atoms with E-state index in [2.05, 4.69) is 22.0 Å². The molecule has 0 spiro atoms. The molecule has 1 heterocycles. The molecule has 0 amide bonds. The first-order valence-corrected chi connectivity index (χ1v) is 6.66. The monoisotopic (exact) mass is 286 g/mol. The molecule has 1 saturated heterocycles. The molecule has 1 aromatic carbocycles. The minimum Gasteiger partial charge on any atom is -0.497 e. The Bertz CT molecular complexity index is 443. The normalized spacial score (nSPS) is 19.9. The second kappa shape index (κ2) is 6.74. The van der Waals surface area contributed by atoms with Crippen molar-refractivity contribution in [3.8, 4) is 11.5 Å². The number of likely N-dealkylation sites (N-methyl/N-ethyl adjacent to an activating group) is 1. The Kier molecular flexibility index (Phi) is 5.00. The van der Waals surface area contributed by atoms with Crippen LogP contribution in [0.5, 0.6) is 11.5 Å². The van der Waals surface area contributed by atoms with Gasteiger partial charge in [0.15, 0.2) is 0 Å². The molecule has 0 bridgehead atoms. The molecule has 20 heavy (non-hydrogen) atoms. The van der Waals surface area contributed by atoms with E-state index in [-0.39, 0.29) is 11.8 Å². The minimum atomic E-state index is -2.84. The number of anilines is 1. The highest BCUT2D eigenvalue weighted by molar-refractivity contribution is 5.60. The summed E-state index contributed by atoms with van der Waals surface area (Å²) in [6, 6.07) is 5.02. The van der Waals surface area contributed by atoms with E-state index >= 15 is 0 Å². The van der Waals surface area contributed by atoms with Crippen LogP contribution in [0.3, 0.4) is 0 Å². The number of piperidine rings is 1. The average Bonchev–Trinajstić information content (AvgIpc) is 2.40. The Morgan fingerprint density at radius 2 is 2.20 bits per heavy atom. The van der Waals surface area contributed by atoms with Crippen LogP contribution >= 0.6 is 0 Å². The topological polar surface area (TPSA) is 33.7 Å². The van der Waals surface area contributed by atoms with E-state index in [1.54, 1.807) is 19.2 Å². The average molecular weight is 286 g/mol. The van der Waals surface area contributed by atoms with E-state index in [4.69, 9.17) is 4.74 Å². The van der Waals surface area contributed by atoms with Crippen LogP contribution in [0.4, 0.5) is 14.5 Å². The first kappa shape index (κ1) is 14.8. The number of hydrogen-bond acceptors (Lipinski definition) is 4. The Labute approximate surface area is 117 Å². The number of rotatable bonds is 5. The first-order valence-electron chi connectivity index (χ1n) is 6.66. The minimum absolute atomic E-state index is 0.147. The van der Waals surface area contributed by atoms with Crippen molar-refractivity contribution in [2.24, 2.45) is 0 Å². The zero-order valence-electron chi connectivity index (χ0n) is 11.7. The summed E-state index contributed by atoms with van der Waals surface area (Å²) >= 11 is 0. The third-order valence-electron chi connectivity index (χ3n) is 3.39. The number of alkyl halides is 2. The van der Waals surface area contributed by atoms with Gasteiger partial charge in [-0.1, -0.05) is 0 Å². The highest BCUT2D eigenvalue weighted by atomic mass is 19.3. The van der Waals surface area contributed by atoms with Gasteiger partial charge in [0.2, 0.25) is 0 Å². The van der Waals surface area contributed by atoms with Gasteiger partial charge < -0.3 is 19.7 Å². The Hall–Kier alpha value is -1.56. The van der Waals surface area contributed by atoms with E-state index in [0.29, 0.717) is 11.4 Å².